The van der Waals surface area contributed by atoms with Gasteiger partial charge in [0, 0.05) is 17.8 Å². The minimum atomic E-state index is -4.55. The number of amides is 1. The third-order valence-corrected chi connectivity index (χ3v) is 7.14. The number of hydrogen-bond donors (Lipinski definition) is 2. The van der Waals surface area contributed by atoms with Gasteiger partial charge in [0.15, 0.2) is 11.5 Å². The summed E-state index contributed by atoms with van der Waals surface area (Å²) in [4.78, 5) is 12.6. The van der Waals surface area contributed by atoms with Crippen LogP contribution in [0.5, 0.6) is 5.75 Å². The zero-order chi connectivity index (χ0) is 24.5. The van der Waals surface area contributed by atoms with Crippen molar-refractivity contribution in [3.05, 3.63) is 53.5 Å². The van der Waals surface area contributed by atoms with Gasteiger partial charge in [-0.3, -0.25) is 9.20 Å². The quantitative estimate of drug-likeness (QED) is 0.519. The molecular weight excluding hydrogens is 475 g/mol. The van der Waals surface area contributed by atoms with Crippen LogP contribution in [0.3, 0.4) is 0 Å². The first-order valence-electron chi connectivity index (χ1n) is 10.5. The molecule has 2 N–H and O–H groups in total. The highest BCUT2D eigenvalue weighted by atomic mass is 32.2. The van der Waals surface area contributed by atoms with Gasteiger partial charge in [-0.05, 0) is 43.2 Å². The fourth-order valence-electron chi connectivity index (χ4n) is 3.84. The zero-order valence-electron chi connectivity index (χ0n) is 18.1. The first kappa shape index (κ1) is 24.0. The Hall–Kier alpha value is -3.19. The number of nitrogens with zero attached hydrogens (tertiary/aromatic N) is 3. The molecule has 0 atom stereocenters. The summed E-state index contributed by atoms with van der Waals surface area (Å²) in [6.07, 6.45) is -0.336. The van der Waals surface area contributed by atoms with E-state index in [1.807, 2.05) is 0 Å². The number of alkyl halides is 3. The van der Waals surface area contributed by atoms with E-state index < -0.39 is 27.7 Å². The fraction of sp³-hybridized carbons (Fsp3) is 0.381. The molecule has 13 heteroatoms. The van der Waals surface area contributed by atoms with E-state index in [1.54, 1.807) is 0 Å². The number of fused-ring (bicyclic) bond motifs is 1. The minimum absolute atomic E-state index is 0.0393. The second kappa shape index (κ2) is 9.22. The van der Waals surface area contributed by atoms with Gasteiger partial charge in [0.2, 0.25) is 10.0 Å². The molecule has 3 aromatic rings. The third-order valence-electron chi connectivity index (χ3n) is 5.60. The molecule has 0 unspecified atom stereocenters. The Morgan fingerprint density at radius 1 is 1.18 bits per heavy atom. The van der Waals surface area contributed by atoms with Gasteiger partial charge in [-0.1, -0.05) is 12.8 Å². The molecular formula is C21H22F3N5O4S. The number of benzene rings is 1. The molecule has 182 valence electrons. The normalized spacial score (nSPS) is 15.1. The monoisotopic (exact) mass is 497 g/mol. The Labute approximate surface area is 193 Å². The molecule has 0 spiro atoms. The number of hydrogen-bond acceptors (Lipinski definition) is 6. The average Bonchev–Trinajstić information content (AvgIpc) is 3.45. The van der Waals surface area contributed by atoms with Crippen LogP contribution < -0.4 is 14.8 Å². The molecule has 9 nitrogen and oxygen atoms in total. The molecule has 1 fully saturated rings. The summed E-state index contributed by atoms with van der Waals surface area (Å²) in [5.41, 5.74) is -0.655. The highest BCUT2D eigenvalue weighted by molar-refractivity contribution is 7.89. The molecule has 1 saturated carbocycles. The van der Waals surface area contributed by atoms with Crippen LogP contribution in [-0.4, -0.2) is 42.1 Å². The summed E-state index contributed by atoms with van der Waals surface area (Å²) in [5, 5.41) is 10.2. The molecule has 0 saturated heterocycles. The van der Waals surface area contributed by atoms with Gasteiger partial charge < -0.3 is 10.1 Å². The van der Waals surface area contributed by atoms with Crippen molar-refractivity contribution >= 4 is 21.6 Å². The SMILES string of the molecule is COc1ccc(C(=O)NCc2nnc3ccc(C(F)(F)F)cn23)cc1S(=O)(=O)NC1CCCC1. The summed E-state index contributed by atoms with van der Waals surface area (Å²) in [6, 6.07) is 5.88. The lowest BCUT2D eigenvalue weighted by atomic mass is 10.2. The number of halogens is 3. The van der Waals surface area contributed by atoms with E-state index in [9.17, 15) is 26.4 Å². The van der Waals surface area contributed by atoms with E-state index in [2.05, 4.69) is 20.2 Å². The summed E-state index contributed by atoms with van der Waals surface area (Å²) in [5.74, 6) is -0.465. The van der Waals surface area contributed by atoms with Crippen molar-refractivity contribution in [2.75, 3.05) is 7.11 Å². The van der Waals surface area contributed by atoms with Gasteiger partial charge in [0.25, 0.3) is 5.91 Å². The smallest absolute Gasteiger partial charge is 0.417 e. The largest absolute Gasteiger partial charge is 0.495 e. The second-order valence-corrected chi connectivity index (χ2v) is 9.59. The number of rotatable bonds is 7. The van der Waals surface area contributed by atoms with Crippen LogP contribution in [0, 0.1) is 0 Å². The molecule has 0 radical (unpaired) electrons. The van der Waals surface area contributed by atoms with E-state index >= 15 is 0 Å². The van der Waals surface area contributed by atoms with Crippen molar-refractivity contribution in [1.29, 1.82) is 0 Å². The van der Waals surface area contributed by atoms with Crippen LogP contribution >= 0.6 is 0 Å². The van der Waals surface area contributed by atoms with Gasteiger partial charge in [-0.25, -0.2) is 13.1 Å². The Bertz CT molecular complexity index is 1320. The van der Waals surface area contributed by atoms with Crippen molar-refractivity contribution in [2.24, 2.45) is 0 Å². The molecule has 1 aliphatic carbocycles. The average molecular weight is 497 g/mol. The highest BCUT2D eigenvalue weighted by Crippen LogP contribution is 2.29. The van der Waals surface area contributed by atoms with Gasteiger partial charge in [-0.2, -0.15) is 13.2 Å². The second-order valence-electron chi connectivity index (χ2n) is 7.91. The first-order chi connectivity index (χ1) is 16.1. The summed E-state index contributed by atoms with van der Waals surface area (Å²) >= 11 is 0. The molecule has 1 aromatic carbocycles. The van der Waals surface area contributed by atoms with Crippen LogP contribution in [0.4, 0.5) is 13.2 Å². The lowest BCUT2D eigenvalue weighted by Crippen LogP contribution is -2.33. The summed E-state index contributed by atoms with van der Waals surface area (Å²) in [6.45, 7) is -0.226. The van der Waals surface area contributed by atoms with E-state index in [1.165, 1.54) is 31.4 Å². The maximum absolute atomic E-state index is 13.0. The summed E-state index contributed by atoms with van der Waals surface area (Å²) in [7, 11) is -2.61. The number of carbonyl (C=O) groups is 1. The van der Waals surface area contributed by atoms with Gasteiger partial charge in [0.1, 0.15) is 10.6 Å². The number of carbonyl (C=O) groups excluding carboxylic acids is 1. The fourth-order valence-corrected chi connectivity index (χ4v) is 5.34. The summed E-state index contributed by atoms with van der Waals surface area (Å²) < 4.78 is 73.9. The Kier molecular flexibility index (Phi) is 6.49. The predicted molar refractivity (Wildman–Crippen MR) is 115 cm³/mol. The third kappa shape index (κ3) is 4.99. The zero-order valence-corrected chi connectivity index (χ0v) is 18.9. The number of methoxy groups -OCH3 is 1. The molecule has 34 heavy (non-hydrogen) atoms. The lowest BCUT2D eigenvalue weighted by Gasteiger charge is -2.15. The van der Waals surface area contributed by atoms with Crippen LogP contribution in [0.1, 0.15) is 47.4 Å². The predicted octanol–water partition coefficient (Wildman–Crippen LogP) is 2.91. The van der Waals surface area contributed by atoms with Gasteiger partial charge in [-0.15, -0.1) is 10.2 Å². The van der Waals surface area contributed by atoms with E-state index in [0.717, 1.165) is 42.3 Å². The molecule has 4 rings (SSSR count). The van der Waals surface area contributed by atoms with Crippen molar-refractivity contribution in [3.63, 3.8) is 0 Å². The van der Waals surface area contributed by atoms with Crippen molar-refractivity contribution < 1.29 is 31.1 Å². The molecule has 1 amide bonds. The maximum atomic E-state index is 13.0. The van der Waals surface area contributed by atoms with Gasteiger partial charge in [0.05, 0.1) is 19.2 Å². The van der Waals surface area contributed by atoms with Crippen LogP contribution in [0.15, 0.2) is 41.4 Å². The van der Waals surface area contributed by atoms with Gasteiger partial charge >= 0.3 is 6.18 Å². The minimum Gasteiger partial charge on any atom is -0.495 e. The number of nitrogens with one attached hydrogen (secondary N) is 2. The standard InChI is InChI=1S/C21H22F3N5O4S/c1-33-16-8-6-13(10-17(16)34(31,32)28-15-4-2-3-5-15)20(30)25-11-19-27-26-18-9-7-14(12-29(18)19)21(22,23)24/h6-10,12,15,28H,2-5,11H2,1H3,(H,25,30). The number of aromatic nitrogens is 3. The molecule has 0 aliphatic heterocycles. The molecule has 2 heterocycles. The molecule has 2 aromatic heterocycles. The number of pyridine rings is 1. The molecule has 0 bridgehead atoms. The Balaban J connectivity index is 1.54. The first-order valence-corrected chi connectivity index (χ1v) is 12.0. The van der Waals surface area contributed by atoms with Crippen molar-refractivity contribution in [3.8, 4) is 5.75 Å². The van der Waals surface area contributed by atoms with Crippen molar-refractivity contribution in [1.82, 2.24) is 24.6 Å². The van der Waals surface area contributed by atoms with Crippen molar-refractivity contribution in [2.45, 2.75) is 49.3 Å². The van der Waals surface area contributed by atoms with E-state index in [4.69, 9.17) is 4.74 Å². The topological polar surface area (TPSA) is 115 Å². The van der Waals surface area contributed by atoms with E-state index in [0.29, 0.717) is 0 Å². The number of sulfonamides is 1. The Morgan fingerprint density at radius 3 is 2.59 bits per heavy atom. The number of ether oxygens (including phenoxy) is 1. The maximum Gasteiger partial charge on any atom is 0.417 e. The van der Waals surface area contributed by atoms with E-state index in [-0.39, 0.29) is 40.3 Å². The Morgan fingerprint density at radius 2 is 1.91 bits per heavy atom. The van der Waals surface area contributed by atoms with Crippen LogP contribution in [0.25, 0.3) is 5.65 Å². The van der Waals surface area contributed by atoms with Crippen LogP contribution in [-0.2, 0) is 22.7 Å². The lowest BCUT2D eigenvalue weighted by molar-refractivity contribution is -0.137. The molecule has 1 aliphatic rings. The van der Waals surface area contributed by atoms with Crippen LogP contribution in [0.2, 0.25) is 0 Å². The highest BCUT2D eigenvalue weighted by Gasteiger charge is 2.31.